The van der Waals surface area contributed by atoms with Crippen LogP contribution in [0.5, 0.6) is 5.75 Å². The average Bonchev–Trinajstić information content (AvgIpc) is 1.89. The predicted octanol–water partition coefficient (Wildman–Crippen LogP) is -1.57. The second kappa shape index (κ2) is 6.94. The summed E-state index contributed by atoms with van der Waals surface area (Å²) in [7, 11) is 1.65. The predicted molar refractivity (Wildman–Crippen MR) is 42.3 cm³/mol. The first-order valence-corrected chi connectivity index (χ1v) is 2.86. The zero-order chi connectivity index (χ0) is 6.69. The van der Waals surface area contributed by atoms with Gasteiger partial charge in [-0.25, -0.2) is 0 Å². The molecular weight excluding hydrogens is 216 g/mol. The van der Waals surface area contributed by atoms with Crippen LogP contribution in [0.15, 0.2) is 18.2 Å². The molecule has 0 heterocycles. The number of methoxy groups -OCH3 is 1. The minimum Gasteiger partial charge on any atom is -1.00 e. The van der Waals surface area contributed by atoms with E-state index in [1.165, 1.54) is 0 Å². The number of hydrogen-bond donors (Lipinski definition) is 0. The van der Waals surface area contributed by atoms with Gasteiger partial charge < -0.3 is 21.7 Å². The fourth-order valence-corrected chi connectivity index (χ4v) is 0.726. The van der Waals surface area contributed by atoms with E-state index < -0.39 is 0 Å². The Balaban J connectivity index is 0. The van der Waals surface area contributed by atoms with E-state index in [1.54, 1.807) is 7.11 Å². The first-order valence-electron chi connectivity index (χ1n) is 2.86. The Morgan fingerprint density at radius 3 is 2.45 bits per heavy atom. The maximum absolute atomic E-state index is 4.99. The molecule has 0 amide bonds. The molecule has 0 fully saturated rings. The number of para-hydroxylation sites is 1. The van der Waals surface area contributed by atoms with Crippen LogP contribution in [0.2, 0.25) is 0 Å². The molecule has 3 heteroatoms. The molecule has 0 unspecified atom stereocenters. The van der Waals surface area contributed by atoms with Crippen molar-refractivity contribution < 1.29 is 21.7 Å². The molecule has 56 valence electrons. The van der Waals surface area contributed by atoms with Crippen molar-refractivity contribution in [2.45, 2.75) is 6.92 Å². The van der Waals surface area contributed by atoms with E-state index in [0.717, 1.165) is 11.3 Å². The molecule has 0 aliphatic rings. The molecule has 1 rings (SSSR count). The van der Waals surface area contributed by atoms with Crippen molar-refractivity contribution in [3.63, 3.8) is 0 Å². The fourth-order valence-electron chi connectivity index (χ4n) is 0.726. The van der Waals surface area contributed by atoms with E-state index in [1.807, 2.05) is 25.1 Å². The second-order valence-electron chi connectivity index (χ2n) is 1.89. The van der Waals surface area contributed by atoms with E-state index >= 15 is 0 Å². The van der Waals surface area contributed by atoms with E-state index in [4.69, 9.17) is 4.74 Å². The summed E-state index contributed by atoms with van der Waals surface area (Å²) in [4.78, 5) is 0. The first-order chi connectivity index (χ1) is 4.34. The minimum absolute atomic E-state index is 0. The van der Waals surface area contributed by atoms with Gasteiger partial charge in [0.2, 0.25) is 0 Å². The topological polar surface area (TPSA) is 9.23 Å². The van der Waals surface area contributed by atoms with Crippen molar-refractivity contribution in [1.82, 2.24) is 0 Å². The molecule has 1 aromatic carbocycles. The molecule has 0 bridgehead atoms. The van der Waals surface area contributed by atoms with E-state index in [-0.39, 0.29) is 40.0 Å². The number of aryl methyl sites for hydroxylation is 1. The van der Waals surface area contributed by atoms with Crippen LogP contribution in [-0.4, -0.2) is 30.2 Å². The first kappa shape index (κ1) is 13.8. The molecule has 11 heavy (non-hydrogen) atoms. The van der Waals surface area contributed by atoms with Gasteiger partial charge in [-0.2, -0.15) is 18.2 Å². The Morgan fingerprint density at radius 1 is 1.45 bits per heavy atom. The van der Waals surface area contributed by atoms with Gasteiger partial charge in [0.15, 0.2) is 0 Å². The van der Waals surface area contributed by atoms with Crippen LogP contribution >= 0.6 is 0 Å². The molecule has 0 aliphatic heterocycles. The maximum atomic E-state index is 4.99. The monoisotopic (exact) mass is 224 g/mol. The number of rotatable bonds is 1. The number of hydrogen-bond acceptors (Lipinski definition) is 1. The van der Waals surface area contributed by atoms with Crippen LogP contribution in [0, 0.1) is 13.0 Å². The van der Waals surface area contributed by atoms with Crippen molar-refractivity contribution in [3.05, 3.63) is 29.8 Å². The molecule has 0 aromatic heterocycles. The van der Waals surface area contributed by atoms with Crippen molar-refractivity contribution in [2.24, 2.45) is 0 Å². The standard InChI is InChI=1S/C8H9O.BrH.Mg/c1-7-5-3-4-6-8(7)9-2;;/h3-5H,1-2H3;1H;/q-1;;+2/p-1. The Bertz CT molecular complexity index is 203. The summed E-state index contributed by atoms with van der Waals surface area (Å²) in [6.07, 6.45) is 0. The number of halogens is 1. The molecule has 1 nitrogen and oxygen atoms in total. The van der Waals surface area contributed by atoms with Gasteiger partial charge in [-0.15, -0.1) is 11.6 Å². The maximum Gasteiger partial charge on any atom is 2.00 e. The summed E-state index contributed by atoms with van der Waals surface area (Å²) in [6, 6.07) is 8.74. The molecule has 0 N–H and O–H groups in total. The fraction of sp³-hybridized carbons (Fsp3) is 0.250. The van der Waals surface area contributed by atoms with Crippen molar-refractivity contribution in [2.75, 3.05) is 7.11 Å². The van der Waals surface area contributed by atoms with Gasteiger partial charge in [0, 0.05) is 5.75 Å². The van der Waals surface area contributed by atoms with Crippen LogP contribution < -0.4 is 21.7 Å². The van der Waals surface area contributed by atoms with Gasteiger partial charge in [0.1, 0.15) is 0 Å². The van der Waals surface area contributed by atoms with Gasteiger partial charge in [0.25, 0.3) is 0 Å². The number of benzene rings is 1. The van der Waals surface area contributed by atoms with Gasteiger partial charge in [-0.1, -0.05) is 6.92 Å². The van der Waals surface area contributed by atoms with Gasteiger partial charge in [-0.05, 0) is 0 Å². The van der Waals surface area contributed by atoms with Gasteiger partial charge in [-0.3, -0.25) is 0 Å². The zero-order valence-electron chi connectivity index (χ0n) is 6.73. The Labute approximate surface area is 94.1 Å². The Morgan fingerprint density at radius 2 is 2.09 bits per heavy atom. The van der Waals surface area contributed by atoms with Crippen molar-refractivity contribution >= 4 is 23.1 Å². The van der Waals surface area contributed by atoms with Crippen LogP contribution in [-0.2, 0) is 0 Å². The smallest absolute Gasteiger partial charge is 1.00 e. The number of ether oxygens (including phenoxy) is 1. The molecular formula is C8H9BrMgO. The summed E-state index contributed by atoms with van der Waals surface area (Å²) < 4.78 is 4.99. The van der Waals surface area contributed by atoms with Crippen LogP contribution in [0.25, 0.3) is 0 Å². The largest absolute Gasteiger partial charge is 2.00 e. The molecule has 0 spiro atoms. The van der Waals surface area contributed by atoms with Gasteiger partial charge in [0.05, 0.1) is 7.11 Å². The average molecular weight is 225 g/mol. The summed E-state index contributed by atoms with van der Waals surface area (Å²) >= 11 is 0. The van der Waals surface area contributed by atoms with Gasteiger partial charge >= 0.3 is 23.1 Å². The Hall–Kier alpha value is 0.266. The Kier molecular flexibility index (Phi) is 8.73. The second-order valence-corrected chi connectivity index (χ2v) is 1.89. The summed E-state index contributed by atoms with van der Waals surface area (Å²) in [5.41, 5.74) is 1.12. The molecule has 0 radical (unpaired) electrons. The van der Waals surface area contributed by atoms with E-state index in [2.05, 4.69) is 6.07 Å². The van der Waals surface area contributed by atoms with Crippen LogP contribution in [0.1, 0.15) is 5.56 Å². The summed E-state index contributed by atoms with van der Waals surface area (Å²) in [6.45, 7) is 2.00. The third-order valence-corrected chi connectivity index (χ3v) is 1.22. The van der Waals surface area contributed by atoms with Crippen LogP contribution in [0.4, 0.5) is 0 Å². The quantitative estimate of drug-likeness (QED) is 0.414. The van der Waals surface area contributed by atoms with E-state index in [9.17, 15) is 0 Å². The normalized spacial score (nSPS) is 7.45. The zero-order valence-corrected chi connectivity index (χ0v) is 9.73. The molecule has 0 atom stereocenters. The third-order valence-electron chi connectivity index (χ3n) is 1.22. The van der Waals surface area contributed by atoms with Crippen molar-refractivity contribution in [1.29, 1.82) is 0 Å². The van der Waals surface area contributed by atoms with Crippen molar-refractivity contribution in [3.8, 4) is 5.75 Å². The summed E-state index contributed by atoms with van der Waals surface area (Å²) in [5, 5.41) is 0. The SMILES string of the molecule is COc1[c-]cccc1C.[Br-].[Mg+2]. The molecule has 0 saturated heterocycles. The molecule has 1 aromatic rings. The molecule has 0 saturated carbocycles. The van der Waals surface area contributed by atoms with Crippen LogP contribution in [0.3, 0.4) is 0 Å². The third kappa shape index (κ3) is 3.99. The van der Waals surface area contributed by atoms with E-state index in [0.29, 0.717) is 0 Å². The minimum atomic E-state index is 0. The summed E-state index contributed by atoms with van der Waals surface area (Å²) in [5.74, 6) is 0.831. The molecule has 0 aliphatic carbocycles.